The first-order valence-electron chi connectivity index (χ1n) is 9.76. The van der Waals surface area contributed by atoms with Gasteiger partial charge in [-0.2, -0.15) is 0 Å². The molecule has 2 amide bonds. The quantitative estimate of drug-likeness (QED) is 0.335. The Morgan fingerprint density at radius 3 is 2.64 bits per heavy atom. The maximum absolute atomic E-state index is 13.9. The predicted molar refractivity (Wildman–Crippen MR) is 131 cm³/mol. The topological polar surface area (TPSA) is 88.9 Å². The van der Waals surface area contributed by atoms with Crippen LogP contribution < -0.4 is 10.6 Å². The zero-order valence-corrected chi connectivity index (χ0v) is 21.4. The van der Waals surface area contributed by atoms with Gasteiger partial charge in [0.1, 0.15) is 5.82 Å². The van der Waals surface area contributed by atoms with Gasteiger partial charge in [0.15, 0.2) is 11.0 Å². The minimum Gasteiger partial charge on any atom is -0.342 e. The highest BCUT2D eigenvalue weighted by molar-refractivity contribution is 9.10. The van der Waals surface area contributed by atoms with E-state index in [4.69, 9.17) is 23.2 Å². The summed E-state index contributed by atoms with van der Waals surface area (Å²) < 4.78 is 16.3. The van der Waals surface area contributed by atoms with Gasteiger partial charge in [0.05, 0.1) is 28.1 Å². The van der Waals surface area contributed by atoms with Gasteiger partial charge in [-0.25, -0.2) is 4.39 Å². The van der Waals surface area contributed by atoms with Crippen molar-refractivity contribution < 1.29 is 14.0 Å². The molecule has 0 aliphatic rings. The molecular weight excluding hydrogens is 556 g/mol. The first-order chi connectivity index (χ1) is 15.7. The van der Waals surface area contributed by atoms with Crippen molar-refractivity contribution in [2.75, 3.05) is 11.1 Å². The molecule has 3 aromatic rings. The van der Waals surface area contributed by atoms with Crippen molar-refractivity contribution in [3.05, 3.63) is 68.1 Å². The van der Waals surface area contributed by atoms with Crippen molar-refractivity contribution in [1.29, 1.82) is 0 Å². The van der Waals surface area contributed by atoms with Crippen molar-refractivity contribution >= 4 is 68.4 Å². The standard InChI is InChI=1S/C21H19BrCl2FN5O2S/c1-3-30-19(11(2)26-20(32)14-6-5-13(23)9-15(14)24)28-29-21(30)33-10-18(31)27-17-7-4-12(22)8-16(17)25/h4-9,11H,3,10H2,1-2H3,(H,26,32)(H,27,31)/t11-/m1/s1. The molecule has 0 saturated carbocycles. The Morgan fingerprint density at radius 1 is 1.21 bits per heavy atom. The Morgan fingerprint density at radius 2 is 1.97 bits per heavy atom. The van der Waals surface area contributed by atoms with Gasteiger partial charge in [-0.3, -0.25) is 9.59 Å². The van der Waals surface area contributed by atoms with Crippen LogP contribution in [0.5, 0.6) is 0 Å². The van der Waals surface area contributed by atoms with Gasteiger partial charge in [-0.15, -0.1) is 10.2 Å². The number of thioether (sulfide) groups is 1. The van der Waals surface area contributed by atoms with Crippen molar-refractivity contribution in [3.8, 4) is 0 Å². The number of rotatable bonds is 8. The van der Waals surface area contributed by atoms with E-state index in [1.807, 2.05) is 6.92 Å². The summed E-state index contributed by atoms with van der Waals surface area (Å²) in [5.41, 5.74) is 0.389. The number of carbonyl (C=O) groups excluding carboxylic acids is 2. The zero-order valence-electron chi connectivity index (χ0n) is 17.5. The molecule has 2 aromatic carbocycles. The van der Waals surface area contributed by atoms with E-state index in [1.54, 1.807) is 29.7 Å². The Kier molecular flexibility index (Phi) is 8.75. The number of hydrogen-bond acceptors (Lipinski definition) is 5. The molecule has 1 aromatic heterocycles. The number of amides is 2. The van der Waals surface area contributed by atoms with Gasteiger partial charge in [0, 0.05) is 16.0 Å². The largest absolute Gasteiger partial charge is 0.342 e. The van der Waals surface area contributed by atoms with Gasteiger partial charge in [-0.1, -0.05) is 50.9 Å². The van der Waals surface area contributed by atoms with E-state index in [-0.39, 0.29) is 28.3 Å². The van der Waals surface area contributed by atoms with Gasteiger partial charge in [0.25, 0.3) is 5.91 Å². The number of benzene rings is 2. The highest BCUT2D eigenvalue weighted by Crippen LogP contribution is 2.24. The number of anilines is 1. The third kappa shape index (κ3) is 6.47. The van der Waals surface area contributed by atoms with Crippen LogP contribution in [0.15, 0.2) is 46.0 Å². The lowest BCUT2D eigenvalue weighted by atomic mass is 10.2. The van der Waals surface area contributed by atoms with E-state index in [1.165, 1.54) is 18.2 Å². The molecular formula is C21H19BrCl2FN5O2S. The lowest BCUT2D eigenvalue weighted by molar-refractivity contribution is -0.113. The smallest absolute Gasteiger partial charge is 0.253 e. The maximum atomic E-state index is 13.9. The third-order valence-electron chi connectivity index (χ3n) is 4.51. The zero-order chi connectivity index (χ0) is 24.1. The molecule has 0 saturated heterocycles. The summed E-state index contributed by atoms with van der Waals surface area (Å²) in [6.07, 6.45) is 0. The van der Waals surface area contributed by atoms with Crippen LogP contribution in [0.2, 0.25) is 10.0 Å². The second-order valence-corrected chi connectivity index (χ2v) is 9.57. The van der Waals surface area contributed by atoms with Crippen molar-refractivity contribution in [2.24, 2.45) is 0 Å². The molecule has 0 unspecified atom stereocenters. The van der Waals surface area contributed by atoms with E-state index >= 15 is 0 Å². The second kappa shape index (κ2) is 11.3. The van der Waals surface area contributed by atoms with Crippen molar-refractivity contribution in [3.63, 3.8) is 0 Å². The van der Waals surface area contributed by atoms with Crippen molar-refractivity contribution in [1.82, 2.24) is 20.1 Å². The van der Waals surface area contributed by atoms with Gasteiger partial charge in [0.2, 0.25) is 5.91 Å². The van der Waals surface area contributed by atoms with Gasteiger partial charge >= 0.3 is 0 Å². The summed E-state index contributed by atoms with van der Waals surface area (Å²) >= 11 is 16.3. The number of hydrogen-bond donors (Lipinski definition) is 2. The maximum Gasteiger partial charge on any atom is 0.253 e. The summed E-state index contributed by atoms with van der Waals surface area (Å²) in [5, 5.41) is 14.9. The average molecular weight is 575 g/mol. The fourth-order valence-corrected chi connectivity index (χ4v) is 4.58. The molecule has 12 heteroatoms. The fraction of sp³-hybridized carbons (Fsp3) is 0.238. The number of halogens is 4. The average Bonchev–Trinajstić information content (AvgIpc) is 3.17. The van der Waals surface area contributed by atoms with Crippen molar-refractivity contribution in [2.45, 2.75) is 31.6 Å². The lowest BCUT2D eigenvalue weighted by Crippen LogP contribution is -2.29. The van der Waals surface area contributed by atoms with Gasteiger partial charge < -0.3 is 15.2 Å². The highest BCUT2D eigenvalue weighted by Gasteiger charge is 2.21. The van der Waals surface area contributed by atoms with Crippen LogP contribution >= 0.6 is 50.9 Å². The Hall–Kier alpha value is -2.14. The molecule has 0 spiro atoms. The van der Waals surface area contributed by atoms with Crippen LogP contribution in [0.1, 0.15) is 36.1 Å². The summed E-state index contributed by atoms with van der Waals surface area (Å²) in [5.74, 6) is -0.758. The molecule has 2 N–H and O–H groups in total. The molecule has 3 rings (SSSR count). The SMILES string of the molecule is CCn1c(SCC(=O)Nc2ccc(Br)cc2F)nnc1[C@@H](C)NC(=O)c1ccc(Cl)cc1Cl. The number of carbonyl (C=O) groups is 2. The van der Waals surface area contributed by atoms with E-state index in [0.717, 1.165) is 11.8 Å². The van der Waals surface area contributed by atoms with E-state index < -0.39 is 11.9 Å². The molecule has 1 atom stereocenters. The lowest BCUT2D eigenvalue weighted by Gasteiger charge is -2.15. The first kappa shape index (κ1) is 25.5. The Labute approximate surface area is 212 Å². The molecule has 7 nitrogen and oxygen atoms in total. The summed E-state index contributed by atoms with van der Waals surface area (Å²) in [6.45, 7) is 4.20. The molecule has 33 heavy (non-hydrogen) atoms. The molecule has 1 heterocycles. The Bertz CT molecular complexity index is 1190. The monoisotopic (exact) mass is 573 g/mol. The predicted octanol–water partition coefficient (Wildman–Crippen LogP) is 5.73. The van der Waals surface area contributed by atoms with E-state index in [2.05, 4.69) is 36.8 Å². The minimum atomic E-state index is -0.535. The van der Waals surface area contributed by atoms with Gasteiger partial charge in [-0.05, 0) is 50.2 Å². The first-order valence-corrected chi connectivity index (χ1v) is 12.3. The molecule has 0 bridgehead atoms. The highest BCUT2D eigenvalue weighted by atomic mass is 79.9. The number of nitrogens with one attached hydrogen (secondary N) is 2. The second-order valence-electron chi connectivity index (χ2n) is 6.87. The third-order valence-corrected chi connectivity index (χ3v) is 6.52. The Balaban J connectivity index is 1.65. The number of aromatic nitrogens is 3. The van der Waals surface area contributed by atoms with E-state index in [0.29, 0.717) is 32.6 Å². The molecule has 174 valence electrons. The fourth-order valence-electron chi connectivity index (χ4n) is 2.94. The summed E-state index contributed by atoms with van der Waals surface area (Å²) in [7, 11) is 0. The molecule has 0 radical (unpaired) electrons. The van der Waals surface area contributed by atoms with Crippen LogP contribution in [-0.2, 0) is 11.3 Å². The van der Waals surface area contributed by atoms with Crippen LogP contribution in [0, 0.1) is 5.82 Å². The normalized spacial score (nSPS) is 11.8. The van der Waals surface area contributed by atoms with Crippen LogP contribution in [0.4, 0.5) is 10.1 Å². The molecule has 0 fully saturated rings. The van der Waals surface area contributed by atoms with Crippen LogP contribution in [0.25, 0.3) is 0 Å². The molecule has 0 aliphatic heterocycles. The van der Waals surface area contributed by atoms with E-state index in [9.17, 15) is 14.0 Å². The number of nitrogens with zero attached hydrogens (tertiary/aromatic N) is 3. The van der Waals surface area contributed by atoms with Crippen LogP contribution in [-0.4, -0.2) is 32.3 Å². The molecule has 0 aliphatic carbocycles. The summed E-state index contributed by atoms with van der Waals surface area (Å²) in [6, 6.07) is 8.54. The minimum absolute atomic E-state index is 0.00869. The summed E-state index contributed by atoms with van der Waals surface area (Å²) in [4.78, 5) is 24.9. The van der Waals surface area contributed by atoms with Crippen LogP contribution in [0.3, 0.4) is 0 Å².